The summed E-state index contributed by atoms with van der Waals surface area (Å²) in [6.07, 6.45) is 1.82. The molecule has 0 unspecified atom stereocenters. The summed E-state index contributed by atoms with van der Waals surface area (Å²) in [6, 6.07) is 0. The van der Waals surface area contributed by atoms with Crippen LogP contribution < -0.4 is 0 Å². The van der Waals surface area contributed by atoms with Crippen LogP contribution in [0.15, 0.2) is 11.1 Å². The van der Waals surface area contributed by atoms with E-state index in [1.807, 2.05) is 20.8 Å². The van der Waals surface area contributed by atoms with Gasteiger partial charge in [0.25, 0.3) is 0 Å². The molecule has 0 N–H and O–H groups in total. The molecular formula is C10H13ClO3. The van der Waals surface area contributed by atoms with E-state index in [1.165, 1.54) is 0 Å². The first-order valence-corrected chi connectivity index (χ1v) is 5.02. The predicted octanol–water partition coefficient (Wildman–Crippen LogP) is 1.99. The van der Waals surface area contributed by atoms with Crippen molar-refractivity contribution in [1.82, 2.24) is 0 Å². The minimum absolute atomic E-state index is 0.0696. The maximum atomic E-state index is 11.4. The third kappa shape index (κ3) is 1.40. The zero-order valence-corrected chi connectivity index (χ0v) is 9.22. The van der Waals surface area contributed by atoms with Crippen LogP contribution in [0.25, 0.3) is 0 Å². The molecule has 0 bridgehead atoms. The second kappa shape index (κ2) is 2.81. The van der Waals surface area contributed by atoms with Gasteiger partial charge in [-0.15, -0.1) is 0 Å². The molecule has 14 heavy (non-hydrogen) atoms. The van der Waals surface area contributed by atoms with Gasteiger partial charge >= 0.3 is 0 Å². The highest BCUT2D eigenvalue weighted by Gasteiger charge is 2.53. The lowest BCUT2D eigenvalue weighted by molar-refractivity contribution is -0.155. The Labute approximate surface area is 88.0 Å². The van der Waals surface area contributed by atoms with Gasteiger partial charge < -0.3 is 9.47 Å². The van der Waals surface area contributed by atoms with Crippen LogP contribution in [0.4, 0.5) is 0 Å². The van der Waals surface area contributed by atoms with E-state index in [0.717, 1.165) is 0 Å². The predicted molar refractivity (Wildman–Crippen MR) is 52.0 cm³/mol. The van der Waals surface area contributed by atoms with E-state index in [-0.39, 0.29) is 23.3 Å². The lowest BCUT2D eigenvalue weighted by Crippen LogP contribution is -2.35. The number of allylic oxidation sites excluding steroid dienone is 1. The van der Waals surface area contributed by atoms with Gasteiger partial charge in [0, 0.05) is 6.42 Å². The Morgan fingerprint density at radius 3 is 2.57 bits per heavy atom. The van der Waals surface area contributed by atoms with Crippen LogP contribution in [0, 0.1) is 0 Å². The Kier molecular flexibility index (Phi) is 2.04. The van der Waals surface area contributed by atoms with Crippen molar-refractivity contribution >= 4 is 17.4 Å². The van der Waals surface area contributed by atoms with Gasteiger partial charge in [-0.25, -0.2) is 0 Å². The Morgan fingerprint density at radius 2 is 2.21 bits per heavy atom. The monoisotopic (exact) mass is 216 g/mol. The fraction of sp³-hybridized carbons (Fsp3) is 0.700. The maximum Gasteiger partial charge on any atom is 0.177 e. The van der Waals surface area contributed by atoms with E-state index < -0.39 is 11.4 Å². The number of rotatable bonds is 0. The van der Waals surface area contributed by atoms with Gasteiger partial charge in [-0.2, -0.15) is 0 Å². The van der Waals surface area contributed by atoms with Crippen LogP contribution in [0.2, 0.25) is 0 Å². The van der Waals surface area contributed by atoms with Gasteiger partial charge in [0.05, 0.1) is 11.1 Å². The standard InChI is InChI=1S/C10H13ClO3/c1-6-10(14-9(2,3)13-6)4-7(11)8(12)5-10/h4,6H,5H2,1-3H3/t6-,10+/m1/s1. The molecule has 2 rings (SSSR count). The van der Waals surface area contributed by atoms with Crippen LogP contribution in [0.5, 0.6) is 0 Å². The van der Waals surface area contributed by atoms with Crippen molar-refractivity contribution in [2.45, 2.75) is 44.7 Å². The number of ether oxygens (including phenoxy) is 2. The average Bonchev–Trinajstić information content (AvgIpc) is 2.35. The number of hydrogen-bond acceptors (Lipinski definition) is 3. The van der Waals surface area contributed by atoms with Gasteiger partial charge in [0.15, 0.2) is 11.6 Å². The molecule has 0 amide bonds. The van der Waals surface area contributed by atoms with Gasteiger partial charge in [-0.3, -0.25) is 4.79 Å². The summed E-state index contributed by atoms with van der Waals surface area (Å²) < 4.78 is 11.4. The highest BCUT2D eigenvalue weighted by molar-refractivity contribution is 6.43. The fourth-order valence-corrected chi connectivity index (χ4v) is 2.35. The smallest absolute Gasteiger partial charge is 0.177 e. The van der Waals surface area contributed by atoms with Crippen molar-refractivity contribution in [2.24, 2.45) is 0 Å². The maximum absolute atomic E-state index is 11.4. The summed E-state index contributed by atoms with van der Waals surface area (Å²) in [7, 11) is 0. The van der Waals surface area contributed by atoms with Crippen molar-refractivity contribution in [1.29, 1.82) is 0 Å². The molecule has 78 valence electrons. The first-order chi connectivity index (χ1) is 6.35. The van der Waals surface area contributed by atoms with Crippen molar-refractivity contribution in [2.75, 3.05) is 0 Å². The highest BCUT2D eigenvalue weighted by atomic mass is 35.5. The minimum atomic E-state index is -0.641. The quantitative estimate of drug-likeness (QED) is 0.621. The molecule has 0 radical (unpaired) electrons. The molecule has 0 aromatic carbocycles. The first kappa shape index (κ1) is 10.1. The number of carbonyl (C=O) groups excluding carboxylic acids is 1. The lowest BCUT2D eigenvalue weighted by atomic mass is 9.97. The summed E-state index contributed by atoms with van der Waals surface area (Å²) in [5, 5.41) is 0.262. The summed E-state index contributed by atoms with van der Waals surface area (Å²) in [5.41, 5.74) is -0.641. The van der Waals surface area contributed by atoms with Crippen LogP contribution in [0.1, 0.15) is 27.2 Å². The van der Waals surface area contributed by atoms with Crippen LogP contribution in [-0.2, 0) is 14.3 Å². The molecule has 1 fully saturated rings. The second-order valence-electron chi connectivity index (χ2n) is 4.31. The molecule has 1 saturated heterocycles. The number of ketones is 1. The van der Waals surface area contributed by atoms with E-state index in [4.69, 9.17) is 21.1 Å². The normalized spacial score (nSPS) is 40.7. The molecule has 4 heteroatoms. The minimum Gasteiger partial charge on any atom is -0.344 e. The Balaban J connectivity index is 2.32. The van der Waals surface area contributed by atoms with Crippen molar-refractivity contribution in [3.05, 3.63) is 11.1 Å². The second-order valence-corrected chi connectivity index (χ2v) is 4.72. The molecule has 1 aliphatic carbocycles. The van der Waals surface area contributed by atoms with Crippen molar-refractivity contribution in [3.63, 3.8) is 0 Å². The van der Waals surface area contributed by atoms with Crippen LogP contribution >= 0.6 is 11.6 Å². The molecule has 0 saturated carbocycles. The number of hydrogen-bond donors (Lipinski definition) is 0. The largest absolute Gasteiger partial charge is 0.344 e. The summed E-state index contributed by atoms with van der Waals surface area (Å²) in [6.45, 7) is 5.57. The van der Waals surface area contributed by atoms with E-state index in [0.29, 0.717) is 0 Å². The fourth-order valence-electron chi connectivity index (χ4n) is 2.10. The van der Waals surface area contributed by atoms with Gasteiger partial charge in [0.1, 0.15) is 5.60 Å². The average molecular weight is 217 g/mol. The van der Waals surface area contributed by atoms with Crippen molar-refractivity contribution in [3.8, 4) is 0 Å². The topological polar surface area (TPSA) is 35.5 Å². The molecule has 3 nitrogen and oxygen atoms in total. The number of Topliss-reactive ketones (excluding diaryl/α,β-unsaturated/α-hetero) is 1. The van der Waals surface area contributed by atoms with E-state index in [2.05, 4.69) is 0 Å². The molecule has 1 aliphatic heterocycles. The van der Waals surface area contributed by atoms with Crippen LogP contribution in [0.3, 0.4) is 0 Å². The molecule has 2 aliphatic rings. The molecule has 1 heterocycles. The van der Waals surface area contributed by atoms with E-state index in [9.17, 15) is 4.79 Å². The first-order valence-electron chi connectivity index (χ1n) is 4.64. The number of halogens is 1. The third-order valence-electron chi connectivity index (χ3n) is 2.66. The Hall–Kier alpha value is -0.380. The van der Waals surface area contributed by atoms with Crippen molar-refractivity contribution < 1.29 is 14.3 Å². The Morgan fingerprint density at radius 1 is 1.57 bits per heavy atom. The summed E-state index contributed by atoms with van der Waals surface area (Å²) in [4.78, 5) is 11.4. The zero-order valence-electron chi connectivity index (χ0n) is 8.46. The molecular weight excluding hydrogens is 204 g/mol. The third-order valence-corrected chi connectivity index (χ3v) is 2.98. The van der Waals surface area contributed by atoms with E-state index >= 15 is 0 Å². The van der Waals surface area contributed by atoms with Gasteiger partial charge in [0.2, 0.25) is 0 Å². The number of carbonyl (C=O) groups is 1. The SMILES string of the molecule is C[C@H]1OC(C)(C)O[C@]12C=C(Cl)C(=O)C2. The Bertz CT molecular complexity index is 321. The van der Waals surface area contributed by atoms with E-state index in [1.54, 1.807) is 6.08 Å². The molecule has 0 aromatic heterocycles. The molecule has 1 spiro atoms. The molecule has 0 aromatic rings. The summed E-state index contributed by atoms with van der Waals surface area (Å²) >= 11 is 5.77. The van der Waals surface area contributed by atoms with Crippen LogP contribution in [-0.4, -0.2) is 23.3 Å². The zero-order chi connectivity index (χ0) is 10.6. The highest BCUT2D eigenvalue weighted by Crippen LogP contribution is 2.44. The van der Waals surface area contributed by atoms with Gasteiger partial charge in [-0.1, -0.05) is 11.6 Å². The van der Waals surface area contributed by atoms with Gasteiger partial charge in [-0.05, 0) is 26.8 Å². The molecule has 2 atom stereocenters. The lowest BCUT2D eigenvalue weighted by Gasteiger charge is -2.23. The summed E-state index contributed by atoms with van der Waals surface area (Å²) in [5.74, 6) is -0.711.